The number of ether oxygens (including phenoxy) is 2. The number of rotatable bonds is 2. The minimum Gasteiger partial charge on any atom is -0.494 e. The Hall–Kier alpha value is -2.06. The molecule has 1 aromatic heterocycles. The van der Waals surface area contributed by atoms with Crippen molar-refractivity contribution < 1.29 is 14.3 Å². The van der Waals surface area contributed by atoms with Crippen LogP contribution in [0.2, 0.25) is 0 Å². The highest BCUT2D eigenvalue weighted by molar-refractivity contribution is 7.22. The summed E-state index contributed by atoms with van der Waals surface area (Å²) in [7, 11) is 1.57. The van der Waals surface area contributed by atoms with Gasteiger partial charge in [-0.05, 0) is 6.07 Å². The number of thiazole rings is 1. The molecule has 0 unspecified atom stereocenters. The molecule has 2 heterocycles. The number of fused-ring (bicyclic) bond motifs is 1. The number of hydrogen-bond acceptors (Lipinski definition) is 6. The molecular weight excluding hydrogens is 292 g/mol. The monoisotopic (exact) mass is 308 g/mol. The first-order chi connectivity index (χ1) is 10.2. The second-order valence-corrected chi connectivity index (χ2v) is 5.65. The predicted molar refractivity (Wildman–Crippen MR) is 82.0 cm³/mol. The van der Waals surface area contributed by atoms with E-state index in [9.17, 15) is 4.79 Å². The molecule has 21 heavy (non-hydrogen) atoms. The van der Waals surface area contributed by atoms with Crippen LogP contribution in [-0.4, -0.2) is 49.3 Å². The van der Waals surface area contributed by atoms with Crippen molar-refractivity contribution in [3.63, 3.8) is 0 Å². The molecule has 1 fully saturated rings. The molecule has 3 rings (SSSR count). The lowest BCUT2D eigenvalue weighted by Gasteiger charge is -2.26. The SMILES string of the molecule is COc1cc(N)cc2sc(NC(=O)N3CCOCC3)nc12. The third-order valence-electron chi connectivity index (χ3n) is 3.21. The van der Waals surface area contributed by atoms with E-state index in [1.54, 1.807) is 18.1 Å². The number of urea groups is 1. The molecule has 1 aliphatic rings. The van der Waals surface area contributed by atoms with E-state index < -0.39 is 0 Å². The van der Waals surface area contributed by atoms with Crippen LogP contribution in [0.3, 0.4) is 0 Å². The Morgan fingerprint density at radius 1 is 1.48 bits per heavy atom. The van der Waals surface area contributed by atoms with Crippen LogP contribution < -0.4 is 15.8 Å². The molecule has 0 saturated carbocycles. The largest absolute Gasteiger partial charge is 0.494 e. The summed E-state index contributed by atoms with van der Waals surface area (Å²) in [5.41, 5.74) is 7.13. The number of morpholine rings is 1. The van der Waals surface area contributed by atoms with Crippen molar-refractivity contribution in [3.05, 3.63) is 12.1 Å². The van der Waals surface area contributed by atoms with Gasteiger partial charge < -0.3 is 20.1 Å². The van der Waals surface area contributed by atoms with Crippen molar-refractivity contribution in [2.24, 2.45) is 0 Å². The molecule has 112 valence electrons. The van der Waals surface area contributed by atoms with Crippen LogP contribution in [0.4, 0.5) is 15.6 Å². The molecule has 7 nitrogen and oxygen atoms in total. The van der Waals surface area contributed by atoms with E-state index in [1.807, 2.05) is 6.07 Å². The number of carbonyl (C=O) groups is 1. The maximum atomic E-state index is 12.1. The molecule has 0 atom stereocenters. The van der Waals surface area contributed by atoms with Crippen LogP contribution in [0.15, 0.2) is 12.1 Å². The second-order valence-electron chi connectivity index (χ2n) is 4.62. The minimum atomic E-state index is -0.163. The fourth-order valence-corrected chi connectivity index (χ4v) is 3.09. The summed E-state index contributed by atoms with van der Waals surface area (Å²) < 4.78 is 11.4. The molecular formula is C13H16N4O3S. The Kier molecular flexibility index (Phi) is 3.80. The van der Waals surface area contributed by atoms with Crippen molar-refractivity contribution in [1.29, 1.82) is 0 Å². The molecule has 2 aromatic rings. The third kappa shape index (κ3) is 2.86. The Labute approximate surface area is 125 Å². The molecule has 0 aliphatic carbocycles. The molecule has 3 N–H and O–H groups in total. The average Bonchev–Trinajstić information content (AvgIpc) is 2.89. The van der Waals surface area contributed by atoms with Crippen LogP contribution in [0.1, 0.15) is 0 Å². The normalized spacial score (nSPS) is 15.2. The zero-order valence-electron chi connectivity index (χ0n) is 11.6. The van der Waals surface area contributed by atoms with Crippen LogP contribution in [0, 0.1) is 0 Å². The van der Waals surface area contributed by atoms with E-state index in [-0.39, 0.29) is 6.03 Å². The smallest absolute Gasteiger partial charge is 0.323 e. The number of methoxy groups -OCH3 is 1. The van der Waals surface area contributed by atoms with Gasteiger partial charge in [-0.2, -0.15) is 0 Å². The molecule has 2 amide bonds. The van der Waals surface area contributed by atoms with Gasteiger partial charge in [-0.15, -0.1) is 0 Å². The Morgan fingerprint density at radius 2 is 2.24 bits per heavy atom. The Bertz CT molecular complexity index is 667. The quantitative estimate of drug-likeness (QED) is 0.825. The number of benzene rings is 1. The highest BCUT2D eigenvalue weighted by Crippen LogP contribution is 2.34. The van der Waals surface area contributed by atoms with Gasteiger partial charge in [0.05, 0.1) is 25.0 Å². The summed E-state index contributed by atoms with van der Waals surface area (Å²) in [6.07, 6.45) is 0. The number of aromatic nitrogens is 1. The van der Waals surface area contributed by atoms with Crippen molar-refractivity contribution in [3.8, 4) is 5.75 Å². The van der Waals surface area contributed by atoms with E-state index >= 15 is 0 Å². The number of nitrogen functional groups attached to an aromatic ring is 1. The zero-order valence-corrected chi connectivity index (χ0v) is 12.4. The molecule has 1 saturated heterocycles. The molecule has 1 aromatic carbocycles. The van der Waals surface area contributed by atoms with Crippen molar-refractivity contribution in [2.45, 2.75) is 0 Å². The second kappa shape index (κ2) is 5.74. The maximum Gasteiger partial charge on any atom is 0.323 e. The molecule has 0 spiro atoms. The van der Waals surface area contributed by atoms with Crippen LogP contribution >= 0.6 is 11.3 Å². The van der Waals surface area contributed by atoms with Gasteiger partial charge in [-0.3, -0.25) is 5.32 Å². The maximum absolute atomic E-state index is 12.1. The standard InChI is InChI=1S/C13H16N4O3S/c1-19-9-6-8(14)7-10-11(9)15-12(21-10)16-13(18)17-2-4-20-5-3-17/h6-7H,2-5,14H2,1H3,(H,15,16,18). The summed E-state index contributed by atoms with van der Waals surface area (Å²) in [6.45, 7) is 2.31. The van der Waals surface area contributed by atoms with Gasteiger partial charge in [-0.1, -0.05) is 11.3 Å². The topological polar surface area (TPSA) is 89.7 Å². The average molecular weight is 308 g/mol. The fraction of sp³-hybridized carbons (Fsp3) is 0.385. The summed E-state index contributed by atoms with van der Waals surface area (Å²) in [4.78, 5) is 18.3. The first-order valence-corrected chi connectivity index (χ1v) is 7.37. The number of carbonyl (C=O) groups excluding carboxylic acids is 1. The van der Waals surface area contributed by atoms with Gasteiger partial charge >= 0.3 is 6.03 Å². The predicted octanol–water partition coefficient (Wildman–Crippen LogP) is 1.75. The number of hydrogen-bond donors (Lipinski definition) is 2. The minimum absolute atomic E-state index is 0.163. The lowest BCUT2D eigenvalue weighted by Crippen LogP contribution is -2.43. The van der Waals surface area contributed by atoms with E-state index in [0.717, 1.165) is 4.70 Å². The zero-order chi connectivity index (χ0) is 14.8. The fourth-order valence-electron chi connectivity index (χ4n) is 2.17. The lowest BCUT2D eigenvalue weighted by molar-refractivity contribution is 0.0564. The van der Waals surface area contributed by atoms with Gasteiger partial charge in [0.1, 0.15) is 11.3 Å². The van der Waals surface area contributed by atoms with E-state index in [4.69, 9.17) is 15.2 Å². The van der Waals surface area contributed by atoms with Gasteiger partial charge in [0, 0.05) is 24.8 Å². The number of anilines is 2. The van der Waals surface area contributed by atoms with Gasteiger partial charge in [0.25, 0.3) is 0 Å². The lowest BCUT2D eigenvalue weighted by atomic mass is 10.3. The first kappa shape index (κ1) is 13.9. The molecule has 0 bridgehead atoms. The summed E-state index contributed by atoms with van der Waals surface area (Å²) in [5, 5.41) is 3.35. The molecule has 8 heteroatoms. The van der Waals surface area contributed by atoms with E-state index in [2.05, 4.69) is 10.3 Å². The number of amides is 2. The Balaban J connectivity index is 1.82. The molecule has 0 radical (unpaired) electrons. The van der Waals surface area contributed by atoms with Crippen LogP contribution in [-0.2, 0) is 4.74 Å². The van der Waals surface area contributed by atoms with Gasteiger partial charge in [0.15, 0.2) is 5.13 Å². The van der Waals surface area contributed by atoms with Gasteiger partial charge in [-0.25, -0.2) is 9.78 Å². The van der Waals surface area contributed by atoms with Crippen molar-refractivity contribution >= 4 is 38.4 Å². The summed E-state index contributed by atoms with van der Waals surface area (Å²) in [6, 6.07) is 3.37. The highest BCUT2D eigenvalue weighted by Gasteiger charge is 2.18. The third-order valence-corrected chi connectivity index (χ3v) is 4.13. The molecule has 1 aliphatic heterocycles. The van der Waals surface area contributed by atoms with Crippen molar-refractivity contribution in [2.75, 3.05) is 44.5 Å². The number of nitrogens with two attached hydrogens (primary N) is 1. The van der Waals surface area contributed by atoms with Crippen LogP contribution in [0.5, 0.6) is 5.75 Å². The summed E-state index contributed by atoms with van der Waals surface area (Å²) >= 11 is 1.37. The van der Waals surface area contributed by atoms with E-state index in [0.29, 0.717) is 48.4 Å². The number of nitrogens with zero attached hydrogens (tertiary/aromatic N) is 2. The first-order valence-electron chi connectivity index (χ1n) is 6.55. The number of nitrogens with one attached hydrogen (secondary N) is 1. The summed E-state index contributed by atoms with van der Waals surface area (Å²) in [5.74, 6) is 0.605. The Morgan fingerprint density at radius 3 is 2.95 bits per heavy atom. The van der Waals surface area contributed by atoms with E-state index in [1.165, 1.54) is 11.3 Å². The highest BCUT2D eigenvalue weighted by atomic mass is 32.1. The van der Waals surface area contributed by atoms with Crippen molar-refractivity contribution in [1.82, 2.24) is 9.88 Å². The van der Waals surface area contributed by atoms with Gasteiger partial charge in [0.2, 0.25) is 0 Å². The van der Waals surface area contributed by atoms with Crippen LogP contribution in [0.25, 0.3) is 10.2 Å².